The number of rotatable bonds is 3. The van der Waals surface area contributed by atoms with Gasteiger partial charge in [0, 0.05) is 0 Å². The number of benzene rings is 2. The van der Waals surface area contributed by atoms with Gasteiger partial charge in [-0.25, -0.2) is 4.39 Å². The number of fused-ring (bicyclic) bond motifs is 1. The molecule has 2 N–H and O–H groups in total. The van der Waals surface area contributed by atoms with Gasteiger partial charge in [0.2, 0.25) is 5.91 Å². The standard InChI is InChI=1S/C23H24FNO/c1-14-19(11-15-5-7-16(8-6-15)23(2,3)4)18-10-9-17(24)12-21(18)20(14)13-22(25)26/h5-12H,13H2,1-4H3,(H2,25,26). The van der Waals surface area contributed by atoms with Crippen molar-refractivity contribution in [3.8, 4) is 0 Å². The van der Waals surface area contributed by atoms with Crippen LogP contribution in [0, 0.1) is 5.82 Å². The van der Waals surface area contributed by atoms with E-state index < -0.39 is 5.91 Å². The first-order valence-corrected chi connectivity index (χ1v) is 8.78. The van der Waals surface area contributed by atoms with Crippen molar-refractivity contribution in [2.45, 2.75) is 39.5 Å². The summed E-state index contributed by atoms with van der Waals surface area (Å²) in [7, 11) is 0. The number of halogens is 1. The van der Waals surface area contributed by atoms with Gasteiger partial charge in [-0.2, -0.15) is 0 Å². The Labute approximate surface area is 154 Å². The zero-order chi connectivity index (χ0) is 19.1. The van der Waals surface area contributed by atoms with Crippen molar-refractivity contribution in [1.29, 1.82) is 0 Å². The number of hydrogen-bond acceptors (Lipinski definition) is 1. The zero-order valence-electron chi connectivity index (χ0n) is 15.7. The maximum absolute atomic E-state index is 13.8. The minimum atomic E-state index is -0.412. The molecule has 2 nitrogen and oxygen atoms in total. The van der Waals surface area contributed by atoms with Crippen LogP contribution in [-0.2, 0) is 10.2 Å². The molecule has 0 bridgehead atoms. The summed E-state index contributed by atoms with van der Waals surface area (Å²) in [6, 6.07) is 13.2. The van der Waals surface area contributed by atoms with E-state index in [1.54, 1.807) is 6.07 Å². The van der Waals surface area contributed by atoms with Gasteiger partial charge in [0.1, 0.15) is 5.82 Å². The second-order valence-corrected chi connectivity index (χ2v) is 7.87. The summed E-state index contributed by atoms with van der Waals surface area (Å²) < 4.78 is 13.8. The second-order valence-electron chi connectivity index (χ2n) is 7.87. The number of amides is 1. The summed E-state index contributed by atoms with van der Waals surface area (Å²) in [6.45, 7) is 8.52. The highest BCUT2D eigenvalue weighted by Gasteiger charge is 2.25. The van der Waals surface area contributed by atoms with E-state index in [2.05, 4.69) is 51.1 Å². The predicted octanol–water partition coefficient (Wildman–Crippen LogP) is 5.33. The third-order valence-electron chi connectivity index (χ3n) is 4.89. The van der Waals surface area contributed by atoms with Crippen molar-refractivity contribution < 1.29 is 9.18 Å². The molecule has 1 amide bonds. The van der Waals surface area contributed by atoms with Gasteiger partial charge in [0.25, 0.3) is 0 Å². The van der Waals surface area contributed by atoms with Crippen LogP contribution in [-0.4, -0.2) is 5.91 Å². The maximum Gasteiger partial charge on any atom is 0.221 e. The lowest BCUT2D eigenvalue weighted by molar-refractivity contribution is -0.117. The number of carbonyl (C=O) groups excluding carboxylic acids is 1. The van der Waals surface area contributed by atoms with Gasteiger partial charge in [0.15, 0.2) is 0 Å². The van der Waals surface area contributed by atoms with E-state index in [1.807, 2.05) is 6.92 Å². The molecule has 0 atom stereocenters. The summed E-state index contributed by atoms with van der Waals surface area (Å²) in [4.78, 5) is 11.5. The fourth-order valence-corrected chi connectivity index (χ4v) is 3.40. The fraction of sp³-hybridized carbons (Fsp3) is 0.261. The lowest BCUT2D eigenvalue weighted by Crippen LogP contribution is -2.10. The van der Waals surface area contributed by atoms with Gasteiger partial charge in [-0.1, -0.05) is 51.1 Å². The van der Waals surface area contributed by atoms with E-state index in [1.165, 1.54) is 17.7 Å². The highest BCUT2D eigenvalue weighted by molar-refractivity contribution is 6.08. The van der Waals surface area contributed by atoms with Crippen molar-refractivity contribution in [2.24, 2.45) is 5.73 Å². The lowest BCUT2D eigenvalue weighted by atomic mass is 9.86. The molecule has 0 heterocycles. The molecular formula is C23H24FNO. The Morgan fingerprint density at radius 3 is 2.31 bits per heavy atom. The summed E-state index contributed by atoms with van der Waals surface area (Å²) in [5, 5.41) is 0. The van der Waals surface area contributed by atoms with Crippen LogP contribution in [0.3, 0.4) is 0 Å². The van der Waals surface area contributed by atoms with E-state index in [4.69, 9.17) is 5.73 Å². The molecule has 2 aromatic carbocycles. The van der Waals surface area contributed by atoms with Crippen molar-refractivity contribution in [1.82, 2.24) is 0 Å². The molecule has 0 spiro atoms. The fourth-order valence-electron chi connectivity index (χ4n) is 3.40. The topological polar surface area (TPSA) is 43.1 Å². The van der Waals surface area contributed by atoms with Gasteiger partial charge in [-0.15, -0.1) is 0 Å². The minimum Gasteiger partial charge on any atom is -0.369 e. The van der Waals surface area contributed by atoms with Gasteiger partial charge in [-0.05, 0) is 69.5 Å². The van der Waals surface area contributed by atoms with E-state index in [9.17, 15) is 9.18 Å². The summed E-state index contributed by atoms with van der Waals surface area (Å²) >= 11 is 0. The third-order valence-corrected chi connectivity index (χ3v) is 4.89. The number of carbonyl (C=O) groups is 1. The summed E-state index contributed by atoms with van der Waals surface area (Å²) in [6.07, 6.45) is 2.20. The average Bonchev–Trinajstić information content (AvgIpc) is 2.79. The summed E-state index contributed by atoms with van der Waals surface area (Å²) in [5.41, 5.74) is 12.4. The van der Waals surface area contributed by atoms with Crippen LogP contribution in [0.1, 0.15) is 56.4 Å². The van der Waals surface area contributed by atoms with E-state index in [0.29, 0.717) is 0 Å². The molecule has 0 aliphatic heterocycles. The van der Waals surface area contributed by atoms with E-state index >= 15 is 0 Å². The van der Waals surface area contributed by atoms with Crippen LogP contribution in [0.2, 0.25) is 0 Å². The molecule has 2 aromatic rings. The van der Waals surface area contributed by atoms with Crippen molar-refractivity contribution >= 4 is 23.1 Å². The Bertz CT molecular complexity index is 928. The van der Waals surface area contributed by atoms with Gasteiger partial charge in [-0.3, -0.25) is 4.79 Å². The van der Waals surface area contributed by atoms with E-state index in [0.717, 1.165) is 33.4 Å². The quantitative estimate of drug-likeness (QED) is 0.800. The normalized spacial score (nSPS) is 15.5. The molecule has 1 aliphatic carbocycles. The molecule has 0 saturated heterocycles. The van der Waals surface area contributed by atoms with Crippen LogP contribution in [0.25, 0.3) is 17.2 Å². The molecule has 3 rings (SSSR count). The molecular weight excluding hydrogens is 325 g/mol. The first kappa shape index (κ1) is 18.1. The van der Waals surface area contributed by atoms with Gasteiger partial charge in [0.05, 0.1) is 6.42 Å². The SMILES string of the molecule is CC1=C(CC(N)=O)c2cc(F)ccc2C1=Cc1ccc(C(C)(C)C)cc1. The van der Waals surface area contributed by atoms with Crippen LogP contribution >= 0.6 is 0 Å². The number of nitrogens with two attached hydrogens (primary N) is 1. The average molecular weight is 349 g/mol. The monoisotopic (exact) mass is 349 g/mol. The number of primary amides is 1. The largest absolute Gasteiger partial charge is 0.369 e. The van der Waals surface area contributed by atoms with Crippen molar-refractivity contribution in [3.63, 3.8) is 0 Å². The van der Waals surface area contributed by atoms with Crippen molar-refractivity contribution in [3.05, 3.63) is 76.1 Å². The molecule has 0 radical (unpaired) electrons. The van der Waals surface area contributed by atoms with E-state index in [-0.39, 0.29) is 17.7 Å². The molecule has 1 aliphatic rings. The van der Waals surface area contributed by atoms with Crippen LogP contribution in [0.15, 0.2) is 48.0 Å². The van der Waals surface area contributed by atoms with Gasteiger partial charge < -0.3 is 5.73 Å². The molecule has 0 unspecified atom stereocenters. The minimum absolute atomic E-state index is 0.105. The Hall–Kier alpha value is -2.68. The molecule has 26 heavy (non-hydrogen) atoms. The molecule has 0 fully saturated rings. The smallest absolute Gasteiger partial charge is 0.221 e. The van der Waals surface area contributed by atoms with Crippen LogP contribution < -0.4 is 5.73 Å². The zero-order valence-corrected chi connectivity index (χ0v) is 15.7. The molecule has 0 aromatic heterocycles. The van der Waals surface area contributed by atoms with Crippen LogP contribution in [0.4, 0.5) is 4.39 Å². The Morgan fingerprint density at radius 1 is 1.08 bits per heavy atom. The Balaban J connectivity index is 2.08. The Morgan fingerprint density at radius 2 is 1.73 bits per heavy atom. The van der Waals surface area contributed by atoms with Crippen LogP contribution in [0.5, 0.6) is 0 Å². The highest BCUT2D eigenvalue weighted by Crippen LogP contribution is 2.43. The summed E-state index contributed by atoms with van der Waals surface area (Å²) in [5.74, 6) is -0.723. The molecule has 134 valence electrons. The second kappa shape index (κ2) is 6.56. The first-order chi connectivity index (χ1) is 12.2. The lowest BCUT2D eigenvalue weighted by Gasteiger charge is -2.18. The predicted molar refractivity (Wildman–Crippen MR) is 106 cm³/mol. The number of allylic oxidation sites excluding steroid dienone is 2. The number of hydrogen-bond donors (Lipinski definition) is 1. The van der Waals surface area contributed by atoms with Gasteiger partial charge >= 0.3 is 0 Å². The molecule has 0 saturated carbocycles. The maximum atomic E-state index is 13.8. The Kier molecular flexibility index (Phi) is 4.57. The third kappa shape index (κ3) is 3.48. The highest BCUT2D eigenvalue weighted by atomic mass is 19.1. The first-order valence-electron chi connectivity index (χ1n) is 8.78. The molecule has 3 heteroatoms. The van der Waals surface area contributed by atoms with Crippen molar-refractivity contribution in [2.75, 3.05) is 0 Å².